The van der Waals surface area contributed by atoms with E-state index in [1.54, 1.807) is 7.11 Å². The highest BCUT2D eigenvalue weighted by Crippen LogP contribution is 2.28. The SMILES string of the molecule is CCCCCc1cc2cc(OC)ccc2nc1-c1ccccc1. The van der Waals surface area contributed by atoms with E-state index >= 15 is 0 Å². The number of methoxy groups -OCH3 is 1. The largest absolute Gasteiger partial charge is 0.497 e. The fraction of sp³-hybridized carbons (Fsp3) is 0.286. The third-order valence-electron chi connectivity index (χ3n) is 4.20. The van der Waals surface area contributed by atoms with Crippen molar-refractivity contribution in [3.05, 3.63) is 60.2 Å². The Morgan fingerprint density at radius 2 is 1.78 bits per heavy atom. The van der Waals surface area contributed by atoms with E-state index in [-0.39, 0.29) is 0 Å². The summed E-state index contributed by atoms with van der Waals surface area (Å²) >= 11 is 0. The topological polar surface area (TPSA) is 22.1 Å². The van der Waals surface area contributed by atoms with Crippen LogP contribution in [-0.4, -0.2) is 12.1 Å². The lowest BCUT2D eigenvalue weighted by Gasteiger charge is -2.12. The molecule has 3 aromatic rings. The van der Waals surface area contributed by atoms with Crippen molar-refractivity contribution in [3.8, 4) is 17.0 Å². The van der Waals surface area contributed by atoms with Crippen LogP contribution in [0, 0.1) is 0 Å². The maximum absolute atomic E-state index is 5.35. The summed E-state index contributed by atoms with van der Waals surface area (Å²) in [4.78, 5) is 4.94. The van der Waals surface area contributed by atoms with Gasteiger partial charge in [0.15, 0.2) is 0 Å². The predicted molar refractivity (Wildman–Crippen MR) is 97.0 cm³/mol. The van der Waals surface area contributed by atoms with Crippen LogP contribution in [0.1, 0.15) is 31.7 Å². The quantitative estimate of drug-likeness (QED) is 0.549. The molecule has 0 atom stereocenters. The van der Waals surface area contributed by atoms with Gasteiger partial charge in [0, 0.05) is 10.9 Å². The molecule has 0 saturated carbocycles. The maximum atomic E-state index is 5.35. The van der Waals surface area contributed by atoms with Crippen LogP contribution in [0.2, 0.25) is 0 Å². The Kier molecular flexibility index (Phi) is 4.92. The predicted octanol–water partition coefficient (Wildman–Crippen LogP) is 5.64. The lowest BCUT2D eigenvalue weighted by Crippen LogP contribution is -1.96. The van der Waals surface area contributed by atoms with Gasteiger partial charge in [0.25, 0.3) is 0 Å². The minimum absolute atomic E-state index is 0.881. The van der Waals surface area contributed by atoms with Crippen molar-refractivity contribution in [3.63, 3.8) is 0 Å². The highest BCUT2D eigenvalue weighted by Gasteiger charge is 2.10. The van der Waals surface area contributed by atoms with Crippen molar-refractivity contribution in [1.29, 1.82) is 0 Å². The van der Waals surface area contributed by atoms with Gasteiger partial charge in [-0.25, -0.2) is 4.98 Å². The molecular weight excluding hydrogens is 282 g/mol. The van der Waals surface area contributed by atoms with Crippen LogP contribution in [0.4, 0.5) is 0 Å². The summed E-state index contributed by atoms with van der Waals surface area (Å²) in [6.07, 6.45) is 4.76. The molecule has 2 aromatic carbocycles. The molecular formula is C21H23NO. The number of rotatable bonds is 6. The molecule has 2 heteroatoms. The molecule has 0 spiro atoms. The molecule has 23 heavy (non-hydrogen) atoms. The first-order valence-electron chi connectivity index (χ1n) is 8.35. The van der Waals surface area contributed by atoms with Crippen molar-refractivity contribution < 1.29 is 4.74 Å². The van der Waals surface area contributed by atoms with Crippen molar-refractivity contribution in [2.24, 2.45) is 0 Å². The number of nitrogens with zero attached hydrogens (tertiary/aromatic N) is 1. The van der Waals surface area contributed by atoms with Gasteiger partial charge in [-0.1, -0.05) is 50.1 Å². The first-order chi connectivity index (χ1) is 11.3. The van der Waals surface area contributed by atoms with Crippen molar-refractivity contribution in [2.45, 2.75) is 32.6 Å². The highest BCUT2D eigenvalue weighted by molar-refractivity contribution is 5.84. The summed E-state index contributed by atoms with van der Waals surface area (Å²) in [6, 6.07) is 18.8. The summed E-state index contributed by atoms with van der Waals surface area (Å²) in [5.74, 6) is 0.881. The molecule has 0 aliphatic rings. The van der Waals surface area contributed by atoms with Crippen molar-refractivity contribution >= 4 is 10.9 Å². The number of fused-ring (bicyclic) bond motifs is 1. The third-order valence-corrected chi connectivity index (χ3v) is 4.20. The van der Waals surface area contributed by atoms with Crippen LogP contribution in [0.5, 0.6) is 5.75 Å². The Bertz CT molecular complexity index is 780. The molecule has 0 aliphatic heterocycles. The Labute approximate surface area is 138 Å². The smallest absolute Gasteiger partial charge is 0.119 e. The second-order valence-electron chi connectivity index (χ2n) is 5.88. The van der Waals surface area contributed by atoms with E-state index in [4.69, 9.17) is 9.72 Å². The molecule has 2 nitrogen and oxygen atoms in total. The Morgan fingerprint density at radius 3 is 2.52 bits per heavy atom. The molecule has 1 heterocycles. The van der Waals surface area contributed by atoms with Gasteiger partial charge in [-0.05, 0) is 42.7 Å². The maximum Gasteiger partial charge on any atom is 0.119 e. The highest BCUT2D eigenvalue weighted by atomic mass is 16.5. The van der Waals surface area contributed by atoms with Gasteiger partial charge in [-0.3, -0.25) is 0 Å². The zero-order valence-corrected chi connectivity index (χ0v) is 13.9. The number of aryl methyl sites for hydroxylation is 1. The van der Waals surface area contributed by atoms with E-state index in [1.165, 1.54) is 30.4 Å². The monoisotopic (exact) mass is 305 g/mol. The molecule has 0 fully saturated rings. The summed E-state index contributed by atoms with van der Waals surface area (Å²) in [5.41, 5.74) is 4.64. The molecule has 1 aromatic heterocycles. The molecule has 0 saturated heterocycles. The minimum atomic E-state index is 0.881. The average molecular weight is 305 g/mol. The lowest BCUT2D eigenvalue weighted by molar-refractivity contribution is 0.415. The summed E-state index contributed by atoms with van der Waals surface area (Å²) in [5, 5.41) is 1.15. The molecule has 0 unspecified atom stereocenters. The first-order valence-corrected chi connectivity index (χ1v) is 8.35. The van der Waals surface area contributed by atoms with E-state index in [2.05, 4.69) is 43.3 Å². The van der Waals surface area contributed by atoms with E-state index in [0.717, 1.165) is 28.8 Å². The van der Waals surface area contributed by atoms with Gasteiger partial charge in [0.2, 0.25) is 0 Å². The number of hydrogen-bond acceptors (Lipinski definition) is 2. The summed E-state index contributed by atoms with van der Waals surface area (Å²) < 4.78 is 5.35. The lowest BCUT2D eigenvalue weighted by atomic mass is 9.98. The van der Waals surface area contributed by atoms with Gasteiger partial charge < -0.3 is 4.74 Å². The Balaban J connectivity index is 2.09. The number of benzene rings is 2. The molecule has 0 amide bonds. The fourth-order valence-corrected chi connectivity index (χ4v) is 2.93. The van der Waals surface area contributed by atoms with Crippen LogP contribution in [0.15, 0.2) is 54.6 Å². The number of unbranched alkanes of at least 4 members (excludes halogenated alkanes) is 2. The van der Waals surface area contributed by atoms with E-state index in [0.29, 0.717) is 0 Å². The van der Waals surface area contributed by atoms with Crippen molar-refractivity contribution in [1.82, 2.24) is 4.98 Å². The minimum Gasteiger partial charge on any atom is -0.497 e. The molecule has 0 aliphatic carbocycles. The van der Waals surface area contributed by atoms with Gasteiger partial charge in [-0.2, -0.15) is 0 Å². The molecule has 118 valence electrons. The van der Waals surface area contributed by atoms with E-state index < -0.39 is 0 Å². The Morgan fingerprint density at radius 1 is 0.957 bits per heavy atom. The van der Waals surface area contributed by atoms with Gasteiger partial charge in [-0.15, -0.1) is 0 Å². The number of pyridine rings is 1. The van der Waals surface area contributed by atoms with Gasteiger partial charge in [0.1, 0.15) is 5.75 Å². The van der Waals surface area contributed by atoms with Crippen LogP contribution in [-0.2, 0) is 6.42 Å². The zero-order chi connectivity index (χ0) is 16.1. The van der Waals surface area contributed by atoms with Gasteiger partial charge >= 0.3 is 0 Å². The summed E-state index contributed by atoms with van der Waals surface area (Å²) in [6.45, 7) is 2.24. The normalized spacial score (nSPS) is 10.9. The van der Waals surface area contributed by atoms with E-state index in [9.17, 15) is 0 Å². The van der Waals surface area contributed by atoms with E-state index in [1.807, 2.05) is 18.2 Å². The number of ether oxygens (including phenoxy) is 1. The summed E-state index contributed by atoms with van der Waals surface area (Å²) in [7, 11) is 1.70. The average Bonchev–Trinajstić information content (AvgIpc) is 2.61. The second-order valence-corrected chi connectivity index (χ2v) is 5.88. The fourth-order valence-electron chi connectivity index (χ4n) is 2.93. The van der Waals surface area contributed by atoms with Crippen LogP contribution < -0.4 is 4.74 Å². The zero-order valence-electron chi connectivity index (χ0n) is 13.9. The Hall–Kier alpha value is -2.35. The van der Waals surface area contributed by atoms with Gasteiger partial charge in [0.05, 0.1) is 18.3 Å². The molecule has 0 radical (unpaired) electrons. The van der Waals surface area contributed by atoms with Crippen molar-refractivity contribution in [2.75, 3.05) is 7.11 Å². The second kappa shape index (κ2) is 7.28. The third kappa shape index (κ3) is 3.53. The molecule has 0 bridgehead atoms. The number of hydrogen-bond donors (Lipinski definition) is 0. The van der Waals surface area contributed by atoms with Crippen LogP contribution in [0.3, 0.4) is 0 Å². The van der Waals surface area contributed by atoms with Crippen LogP contribution in [0.25, 0.3) is 22.2 Å². The number of aromatic nitrogens is 1. The standard InChI is InChI=1S/C21H23NO/c1-3-4-6-11-17-14-18-15-19(23-2)12-13-20(18)22-21(17)16-9-7-5-8-10-16/h5,7-10,12-15H,3-4,6,11H2,1-2H3. The van der Waals surface area contributed by atoms with Crippen LogP contribution >= 0.6 is 0 Å². The first kappa shape index (κ1) is 15.5. The molecule has 0 N–H and O–H groups in total. The molecule has 3 rings (SSSR count).